The molecule has 0 saturated carbocycles. The van der Waals surface area contributed by atoms with E-state index in [1.807, 2.05) is 0 Å². The van der Waals surface area contributed by atoms with Crippen molar-refractivity contribution in [3.05, 3.63) is 58.7 Å². The molecule has 0 spiro atoms. The lowest BCUT2D eigenvalue weighted by Crippen LogP contribution is -2.26. The van der Waals surface area contributed by atoms with Crippen LogP contribution in [0.25, 0.3) is 0 Å². The van der Waals surface area contributed by atoms with E-state index in [2.05, 4.69) is 5.10 Å². The average Bonchev–Trinajstić information content (AvgIpc) is 2.89. The maximum absolute atomic E-state index is 12.3. The minimum atomic E-state index is -1.51. The van der Waals surface area contributed by atoms with Gasteiger partial charge in [0.1, 0.15) is 0 Å². The Morgan fingerprint density at radius 2 is 1.65 bits per heavy atom. The molecule has 26 heavy (non-hydrogen) atoms. The van der Waals surface area contributed by atoms with Crippen molar-refractivity contribution in [1.82, 2.24) is 5.01 Å². The topological polar surface area (TPSA) is 108 Å². The molecular weight excluding hydrogens is 340 g/mol. The number of hydrogen-bond acceptors (Lipinski definition) is 7. The molecule has 1 heterocycles. The van der Waals surface area contributed by atoms with Gasteiger partial charge < -0.3 is 19.4 Å². The van der Waals surface area contributed by atoms with Gasteiger partial charge in [-0.15, -0.1) is 0 Å². The summed E-state index contributed by atoms with van der Waals surface area (Å²) in [5, 5.41) is 16.1. The summed E-state index contributed by atoms with van der Waals surface area (Å²) in [6.45, 7) is 0. The van der Waals surface area contributed by atoms with Gasteiger partial charge in [0.25, 0.3) is 11.8 Å². The molecule has 0 saturated heterocycles. The van der Waals surface area contributed by atoms with Crippen molar-refractivity contribution >= 4 is 24.0 Å². The van der Waals surface area contributed by atoms with Crippen LogP contribution in [0.1, 0.15) is 36.6 Å². The number of carbonyl (C=O) groups is 3. The van der Waals surface area contributed by atoms with Crippen molar-refractivity contribution in [2.75, 3.05) is 14.2 Å². The second kappa shape index (κ2) is 6.67. The number of hydrogen-bond donors (Lipinski definition) is 0. The zero-order valence-electron chi connectivity index (χ0n) is 13.9. The van der Waals surface area contributed by atoms with Gasteiger partial charge in [-0.2, -0.15) is 10.1 Å². The minimum absolute atomic E-state index is 0.0428. The van der Waals surface area contributed by atoms with E-state index in [9.17, 15) is 19.5 Å². The van der Waals surface area contributed by atoms with E-state index in [0.717, 1.165) is 6.21 Å². The molecule has 2 amide bonds. The van der Waals surface area contributed by atoms with Gasteiger partial charge in [-0.25, -0.2) is 0 Å². The van der Waals surface area contributed by atoms with Crippen LogP contribution in [0.3, 0.4) is 0 Å². The summed E-state index contributed by atoms with van der Waals surface area (Å²) in [7, 11) is 2.65. The number of imide groups is 1. The number of carboxylic acid groups (broad SMARTS) is 1. The SMILES string of the molecule is COc1ccc(/C=N\N2C(=O)c3ccccc3C2=O)c(C(=O)[O-])c1OC. The van der Waals surface area contributed by atoms with Gasteiger partial charge >= 0.3 is 0 Å². The monoisotopic (exact) mass is 353 g/mol. The summed E-state index contributed by atoms with van der Waals surface area (Å²) in [6, 6.07) is 9.21. The lowest BCUT2D eigenvalue weighted by atomic mass is 10.1. The highest BCUT2D eigenvalue weighted by Crippen LogP contribution is 2.32. The van der Waals surface area contributed by atoms with Crippen molar-refractivity contribution in [2.45, 2.75) is 0 Å². The van der Waals surface area contributed by atoms with Gasteiger partial charge in [0.15, 0.2) is 11.5 Å². The molecule has 2 aromatic rings. The highest BCUT2D eigenvalue weighted by Gasteiger charge is 2.35. The van der Waals surface area contributed by atoms with Gasteiger partial charge in [-0.1, -0.05) is 12.1 Å². The normalized spacial score (nSPS) is 13.2. The standard InChI is InChI=1S/C18H14N2O6/c1-25-13-8-7-10(14(18(23)24)15(13)26-2)9-19-20-16(21)11-5-3-4-6-12(11)17(20)22/h3-9H,1-2H3,(H,23,24)/p-1/b19-9-. The lowest BCUT2D eigenvalue weighted by Gasteiger charge is -2.16. The molecule has 132 valence electrons. The van der Waals surface area contributed by atoms with Gasteiger partial charge in [0.05, 0.1) is 43.1 Å². The Hall–Kier alpha value is -3.68. The average molecular weight is 353 g/mol. The van der Waals surface area contributed by atoms with Gasteiger partial charge in [-0.05, 0) is 24.3 Å². The van der Waals surface area contributed by atoms with Crippen LogP contribution in [0.4, 0.5) is 0 Å². The highest BCUT2D eigenvalue weighted by atomic mass is 16.5. The Balaban J connectivity index is 2.01. The summed E-state index contributed by atoms with van der Waals surface area (Å²) in [6.07, 6.45) is 1.09. The Bertz CT molecular complexity index is 916. The third-order valence-corrected chi connectivity index (χ3v) is 3.87. The molecule has 0 radical (unpaired) electrons. The molecule has 0 aliphatic carbocycles. The lowest BCUT2D eigenvalue weighted by molar-refractivity contribution is -0.255. The first-order chi connectivity index (χ1) is 12.5. The number of fused-ring (bicyclic) bond motifs is 1. The second-order valence-corrected chi connectivity index (χ2v) is 5.27. The number of carboxylic acids is 1. The number of hydrazone groups is 1. The molecule has 0 fully saturated rings. The van der Waals surface area contributed by atoms with E-state index in [1.54, 1.807) is 12.1 Å². The Morgan fingerprint density at radius 3 is 2.15 bits per heavy atom. The van der Waals surface area contributed by atoms with Gasteiger partial charge in [0, 0.05) is 5.56 Å². The fourth-order valence-corrected chi connectivity index (χ4v) is 2.66. The molecule has 0 unspecified atom stereocenters. The van der Waals surface area contributed by atoms with Gasteiger partial charge in [-0.3, -0.25) is 9.59 Å². The van der Waals surface area contributed by atoms with Crippen LogP contribution in [-0.2, 0) is 0 Å². The van der Waals surface area contributed by atoms with Crippen molar-refractivity contribution in [3.8, 4) is 11.5 Å². The molecule has 1 aliphatic rings. The molecule has 8 nitrogen and oxygen atoms in total. The summed E-state index contributed by atoms with van der Waals surface area (Å²) < 4.78 is 10.1. The number of carbonyl (C=O) groups excluding carboxylic acids is 3. The van der Waals surface area contributed by atoms with E-state index < -0.39 is 17.8 Å². The number of benzene rings is 2. The summed E-state index contributed by atoms with van der Waals surface area (Å²) in [5.74, 6) is -2.53. The first-order valence-electron chi connectivity index (χ1n) is 7.47. The van der Waals surface area contributed by atoms with Gasteiger partial charge in [0.2, 0.25) is 0 Å². The first-order valence-corrected chi connectivity index (χ1v) is 7.47. The number of methoxy groups -OCH3 is 2. The smallest absolute Gasteiger partial charge is 0.282 e. The molecular formula is C18H13N2O6-. The summed E-state index contributed by atoms with van der Waals surface area (Å²) >= 11 is 0. The van der Waals surface area contributed by atoms with Crippen molar-refractivity contribution in [1.29, 1.82) is 0 Å². The molecule has 2 aromatic carbocycles. The van der Waals surface area contributed by atoms with E-state index in [0.29, 0.717) is 5.01 Å². The van der Waals surface area contributed by atoms with E-state index in [1.165, 1.54) is 38.5 Å². The van der Waals surface area contributed by atoms with Crippen LogP contribution in [-0.4, -0.2) is 43.2 Å². The largest absolute Gasteiger partial charge is 0.545 e. The predicted octanol–water partition coefficient (Wildman–Crippen LogP) is 0.697. The maximum Gasteiger partial charge on any atom is 0.282 e. The van der Waals surface area contributed by atoms with E-state index in [4.69, 9.17) is 9.47 Å². The van der Waals surface area contributed by atoms with E-state index in [-0.39, 0.29) is 33.8 Å². The first kappa shape index (κ1) is 17.2. The van der Waals surface area contributed by atoms with Crippen LogP contribution >= 0.6 is 0 Å². The molecule has 0 bridgehead atoms. The summed E-state index contributed by atoms with van der Waals surface area (Å²) in [5.41, 5.74) is 0.274. The van der Waals surface area contributed by atoms with Crippen LogP contribution in [0.15, 0.2) is 41.5 Å². The summed E-state index contributed by atoms with van der Waals surface area (Å²) in [4.78, 5) is 36.1. The fourth-order valence-electron chi connectivity index (χ4n) is 2.66. The second-order valence-electron chi connectivity index (χ2n) is 5.27. The number of aromatic carboxylic acids is 1. The van der Waals surface area contributed by atoms with Crippen LogP contribution < -0.4 is 14.6 Å². The van der Waals surface area contributed by atoms with Crippen LogP contribution in [0, 0.1) is 0 Å². The van der Waals surface area contributed by atoms with Crippen molar-refractivity contribution < 1.29 is 29.0 Å². The molecule has 1 aliphatic heterocycles. The Labute approximate surface area is 148 Å². The highest BCUT2D eigenvalue weighted by molar-refractivity contribution is 6.21. The number of ether oxygens (including phenoxy) is 2. The van der Waals surface area contributed by atoms with E-state index >= 15 is 0 Å². The number of nitrogens with zero attached hydrogens (tertiary/aromatic N) is 2. The molecule has 0 atom stereocenters. The number of rotatable bonds is 5. The molecule has 0 aromatic heterocycles. The van der Waals surface area contributed by atoms with Crippen molar-refractivity contribution in [2.24, 2.45) is 5.10 Å². The third-order valence-electron chi connectivity index (χ3n) is 3.87. The van der Waals surface area contributed by atoms with Crippen molar-refractivity contribution in [3.63, 3.8) is 0 Å². The predicted molar refractivity (Wildman–Crippen MR) is 88.4 cm³/mol. The number of amides is 2. The molecule has 3 rings (SSSR count). The molecule has 0 N–H and O–H groups in total. The van der Waals surface area contributed by atoms with Crippen LogP contribution in [0.2, 0.25) is 0 Å². The fraction of sp³-hybridized carbons (Fsp3) is 0.111. The zero-order valence-corrected chi connectivity index (χ0v) is 13.9. The molecule has 8 heteroatoms. The maximum atomic E-state index is 12.3. The Morgan fingerprint density at radius 1 is 1.04 bits per heavy atom. The zero-order chi connectivity index (χ0) is 18.8. The van der Waals surface area contributed by atoms with Crippen LogP contribution in [0.5, 0.6) is 11.5 Å². The quantitative estimate of drug-likeness (QED) is 0.578. The minimum Gasteiger partial charge on any atom is -0.545 e. The third kappa shape index (κ3) is 2.67. The Kier molecular flexibility index (Phi) is 4.40.